The molecule has 0 radical (unpaired) electrons. The Hall–Kier alpha value is -3.47. The molecule has 0 heterocycles. The summed E-state index contributed by atoms with van der Waals surface area (Å²) in [7, 11) is 1.31. The summed E-state index contributed by atoms with van der Waals surface area (Å²) < 4.78 is 4.63. The molecule has 0 fully saturated rings. The molecule has 5 heteroatoms. The number of esters is 1. The number of rotatable bonds is 6. The van der Waals surface area contributed by atoms with Crippen molar-refractivity contribution in [2.24, 2.45) is 0 Å². The summed E-state index contributed by atoms with van der Waals surface area (Å²) in [6.07, 6.45) is 0.215. The Balaban J connectivity index is 1.57. The van der Waals surface area contributed by atoms with Gasteiger partial charge in [0.2, 0.25) is 5.91 Å². The molecule has 0 aliphatic rings. The average molecular weight is 375 g/mol. The molecule has 0 aliphatic carbocycles. The summed E-state index contributed by atoms with van der Waals surface area (Å²) in [5.74, 6) is -0.761. The maximum Gasteiger partial charge on any atom is 0.337 e. The lowest BCUT2D eigenvalue weighted by Crippen LogP contribution is -2.13. The van der Waals surface area contributed by atoms with Crippen LogP contribution in [0.5, 0.6) is 0 Å². The molecule has 3 aromatic rings. The van der Waals surface area contributed by atoms with E-state index >= 15 is 0 Å². The Bertz CT molecular complexity index is 1040. The summed E-state index contributed by atoms with van der Waals surface area (Å²) in [5, 5.41) is 4.82. The number of hydrogen-bond acceptors (Lipinski definition) is 4. The van der Waals surface area contributed by atoms with E-state index in [1.54, 1.807) is 30.3 Å². The standard InChI is InChI=1S/C23H21NO4/c1-15-3-4-18-14-19(6-5-17(18)13-15)21(25)11-12-22(26)24-20-9-7-16(8-10-20)23(27)28-2/h3-10,13-14H,11-12H2,1-2H3,(H,24,26). The van der Waals surface area contributed by atoms with Crippen molar-refractivity contribution in [1.82, 2.24) is 0 Å². The second-order valence-electron chi connectivity index (χ2n) is 6.61. The molecule has 0 saturated carbocycles. The Kier molecular flexibility index (Phi) is 5.84. The first-order valence-corrected chi connectivity index (χ1v) is 8.98. The molecule has 5 nitrogen and oxygen atoms in total. The van der Waals surface area contributed by atoms with Gasteiger partial charge in [-0.25, -0.2) is 4.79 Å². The average Bonchev–Trinajstić information content (AvgIpc) is 2.71. The van der Waals surface area contributed by atoms with Gasteiger partial charge in [-0.1, -0.05) is 35.9 Å². The highest BCUT2D eigenvalue weighted by Crippen LogP contribution is 2.19. The third kappa shape index (κ3) is 4.62. The number of ketones is 1. The van der Waals surface area contributed by atoms with Gasteiger partial charge in [-0.2, -0.15) is 0 Å². The highest BCUT2D eigenvalue weighted by atomic mass is 16.5. The van der Waals surface area contributed by atoms with Gasteiger partial charge in [0.1, 0.15) is 0 Å². The van der Waals surface area contributed by atoms with E-state index in [2.05, 4.69) is 16.1 Å². The van der Waals surface area contributed by atoms with E-state index in [4.69, 9.17) is 0 Å². The number of carbonyl (C=O) groups excluding carboxylic acids is 3. The molecule has 0 spiro atoms. The predicted molar refractivity (Wildman–Crippen MR) is 109 cm³/mol. The van der Waals surface area contributed by atoms with Crippen LogP contribution in [0.4, 0.5) is 5.69 Å². The number of methoxy groups -OCH3 is 1. The van der Waals surface area contributed by atoms with Crippen LogP contribution in [0.25, 0.3) is 10.8 Å². The molecule has 0 aromatic heterocycles. The van der Waals surface area contributed by atoms with Crippen molar-refractivity contribution >= 4 is 34.1 Å². The molecule has 142 valence electrons. The summed E-state index contributed by atoms with van der Waals surface area (Å²) >= 11 is 0. The van der Waals surface area contributed by atoms with Crippen LogP contribution in [0.15, 0.2) is 60.7 Å². The van der Waals surface area contributed by atoms with Crippen LogP contribution in [0.3, 0.4) is 0 Å². The van der Waals surface area contributed by atoms with Crippen molar-refractivity contribution in [1.29, 1.82) is 0 Å². The van der Waals surface area contributed by atoms with Crippen molar-refractivity contribution in [3.63, 3.8) is 0 Å². The van der Waals surface area contributed by atoms with Gasteiger partial charge in [-0.05, 0) is 48.0 Å². The number of ether oxygens (including phenoxy) is 1. The number of fused-ring (bicyclic) bond motifs is 1. The van der Waals surface area contributed by atoms with E-state index in [0.29, 0.717) is 16.8 Å². The topological polar surface area (TPSA) is 72.5 Å². The molecule has 0 saturated heterocycles. The SMILES string of the molecule is COC(=O)c1ccc(NC(=O)CCC(=O)c2ccc3cc(C)ccc3c2)cc1. The molecule has 1 N–H and O–H groups in total. The van der Waals surface area contributed by atoms with Crippen molar-refractivity contribution in [3.8, 4) is 0 Å². The van der Waals surface area contributed by atoms with Crippen LogP contribution >= 0.6 is 0 Å². The first kappa shape index (κ1) is 19.3. The number of anilines is 1. The number of nitrogens with one attached hydrogen (secondary N) is 1. The molecule has 0 unspecified atom stereocenters. The zero-order valence-electron chi connectivity index (χ0n) is 15.8. The minimum absolute atomic E-state index is 0.0707. The lowest BCUT2D eigenvalue weighted by Gasteiger charge is -2.07. The number of benzene rings is 3. The van der Waals surface area contributed by atoms with E-state index in [9.17, 15) is 14.4 Å². The van der Waals surface area contributed by atoms with Gasteiger partial charge in [0.25, 0.3) is 0 Å². The molecular formula is C23H21NO4. The Morgan fingerprint density at radius 3 is 2.18 bits per heavy atom. The van der Waals surface area contributed by atoms with Gasteiger partial charge in [-0.15, -0.1) is 0 Å². The predicted octanol–water partition coefficient (Wildman–Crippen LogP) is 4.54. The third-order valence-electron chi connectivity index (χ3n) is 4.49. The second kappa shape index (κ2) is 8.48. The van der Waals surface area contributed by atoms with E-state index in [1.807, 2.05) is 31.2 Å². The molecular weight excluding hydrogens is 354 g/mol. The third-order valence-corrected chi connectivity index (χ3v) is 4.49. The highest BCUT2D eigenvalue weighted by Gasteiger charge is 2.11. The molecule has 0 bridgehead atoms. The van der Waals surface area contributed by atoms with E-state index in [1.165, 1.54) is 12.7 Å². The van der Waals surface area contributed by atoms with Crippen molar-refractivity contribution in [2.75, 3.05) is 12.4 Å². The van der Waals surface area contributed by atoms with Gasteiger partial charge in [0.15, 0.2) is 5.78 Å². The van der Waals surface area contributed by atoms with E-state index < -0.39 is 5.97 Å². The second-order valence-corrected chi connectivity index (χ2v) is 6.61. The number of Topliss-reactive ketones (excluding diaryl/α,β-unsaturated/α-hetero) is 1. The number of aryl methyl sites for hydroxylation is 1. The van der Waals surface area contributed by atoms with Crippen molar-refractivity contribution < 1.29 is 19.1 Å². The number of carbonyl (C=O) groups is 3. The normalized spacial score (nSPS) is 10.5. The van der Waals surface area contributed by atoms with Gasteiger partial charge >= 0.3 is 5.97 Å². The fraction of sp³-hybridized carbons (Fsp3) is 0.174. The molecule has 3 aromatic carbocycles. The fourth-order valence-electron chi connectivity index (χ4n) is 2.94. The monoisotopic (exact) mass is 375 g/mol. The molecule has 0 aliphatic heterocycles. The lowest BCUT2D eigenvalue weighted by molar-refractivity contribution is -0.116. The Labute approximate surface area is 163 Å². The van der Waals surface area contributed by atoms with Gasteiger partial charge in [-0.3, -0.25) is 9.59 Å². The summed E-state index contributed by atoms with van der Waals surface area (Å²) in [4.78, 5) is 36.0. The first-order chi connectivity index (χ1) is 13.5. The largest absolute Gasteiger partial charge is 0.465 e. The van der Waals surface area contributed by atoms with Crippen molar-refractivity contribution in [3.05, 3.63) is 77.4 Å². The van der Waals surface area contributed by atoms with Gasteiger partial charge in [0, 0.05) is 24.1 Å². The van der Waals surface area contributed by atoms with Gasteiger partial charge < -0.3 is 10.1 Å². The maximum atomic E-state index is 12.4. The first-order valence-electron chi connectivity index (χ1n) is 8.98. The molecule has 0 atom stereocenters. The summed E-state index contributed by atoms with van der Waals surface area (Å²) in [6.45, 7) is 2.03. The van der Waals surface area contributed by atoms with E-state index in [-0.39, 0.29) is 24.5 Å². The maximum absolute atomic E-state index is 12.4. The van der Waals surface area contributed by atoms with Crippen LogP contribution < -0.4 is 5.32 Å². The lowest BCUT2D eigenvalue weighted by atomic mass is 10.0. The van der Waals surface area contributed by atoms with Crippen LogP contribution in [-0.4, -0.2) is 24.8 Å². The van der Waals surface area contributed by atoms with Crippen LogP contribution in [0.1, 0.15) is 39.1 Å². The smallest absolute Gasteiger partial charge is 0.337 e. The minimum Gasteiger partial charge on any atom is -0.465 e. The minimum atomic E-state index is -0.436. The van der Waals surface area contributed by atoms with Crippen LogP contribution in [0, 0.1) is 6.92 Å². The van der Waals surface area contributed by atoms with Crippen LogP contribution in [0.2, 0.25) is 0 Å². The van der Waals surface area contributed by atoms with E-state index in [0.717, 1.165) is 10.8 Å². The number of amides is 1. The summed E-state index contributed by atoms with van der Waals surface area (Å²) in [5.41, 5.74) is 2.74. The zero-order valence-corrected chi connectivity index (χ0v) is 15.8. The molecule has 1 amide bonds. The molecule has 28 heavy (non-hydrogen) atoms. The number of hydrogen-bond donors (Lipinski definition) is 1. The zero-order chi connectivity index (χ0) is 20.1. The Morgan fingerprint density at radius 1 is 0.821 bits per heavy atom. The van der Waals surface area contributed by atoms with Crippen LogP contribution in [-0.2, 0) is 9.53 Å². The van der Waals surface area contributed by atoms with Gasteiger partial charge in [0.05, 0.1) is 12.7 Å². The Morgan fingerprint density at radius 2 is 1.46 bits per heavy atom. The molecule has 3 rings (SSSR count). The summed E-state index contributed by atoms with van der Waals surface area (Å²) in [6, 6.07) is 18.1. The highest BCUT2D eigenvalue weighted by molar-refractivity contribution is 6.02. The fourth-order valence-corrected chi connectivity index (χ4v) is 2.94. The quantitative estimate of drug-likeness (QED) is 0.507. The van der Waals surface area contributed by atoms with Crippen molar-refractivity contribution in [2.45, 2.75) is 19.8 Å².